The molecule has 0 amide bonds. The number of aromatic amines is 1. The number of hydrogen-bond acceptors (Lipinski definition) is 6. The van der Waals surface area contributed by atoms with E-state index in [1.54, 1.807) is 12.4 Å². The van der Waals surface area contributed by atoms with Crippen molar-refractivity contribution in [3.05, 3.63) is 23.8 Å². The molecule has 0 aliphatic carbocycles. The summed E-state index contributed by atoms with van der Waals surface area (Å²) >= 11 is 1.33. The van der Waals surface area contributed by atoms with Gasteiger partial charge >= 0.3 is 0 Å². The van der Waals surface area contributed by atoms with Crippen LogP contribution >= 0.6 is 11.8 Å². The van der Waals surface area contributed by atoms with Crippen LogP contribution in [0.5, 0.6) is 0 Å². The van der Waals surface area contributed by atoms with E-state index in [2.05, 4.69) is 25.1 Å². The molecule has 6 nitrogen and oxygen atoms in total. The molecule has 2 aromatic heterocycles. The summed E-state index contributed by atoms with van der Waals surface area (Å²) in [7, 11) is 0. The van der Waals surface area contributed by atoms with Gasteiger partial charge in [-0.3, -0.25) is 5.10 Å². The van der Waals surface area contributed by atoms with E-state index >= 15 is 0 Å². The number of nitrogens with zero attached hydrogens (tertiary/aromatic N) is 4. The molecule has 0 radical (unpaired) electrons. The molecule has 0 fully saturated rings. The molecule has 17 heavy (non-hydrogen) atoms. The van der Waals surface area contributed by atoms with Crippen LogP contribution in [0.15, 0.2) is 22.7 Å². The first-order valence-corrected chi connectivity index (χ1v) is 6.08. The van der Waals surface area contributed by atoms with Crippen molar-refractivity contribution in [2.24, 2.45) is 5.73 Å². The summed E-state index contributed by atoms with van der Waals surface area (Å²) in [6, 6.07) is 0.118. The molecule has 3 N–H and O–H groups in total. The Kier molecular flexibility index (Phi) is 3.70. The van der Waals surface area contributed by atoms with E-state index in [0.29, 0.717) is 10.3 Å². The Morgan fingerprint density at radius 2 is 2.06 bits per heavy atom. The van der Waals surface area contributed by atoms with Crippen molar-refractivity contribution in [3.8, 4) is 0 Å². The van der Waals surface area contributed by atoms with E-state index in [1.165, 1.54) is 11.8 Å². The second-order valence-electron chi connectivity index (χ2n) is 3.86. The van der Waals surface area contributed by atoms with E-state index in [4.69, 9.17) is 5.73 Å². The van der Waals surface area contributed by atoms with E-state index in [9.17, 15) is 0 Å². The van der Waals surface area contributed by atoms with Crippen molar-refractivity contribution >= 4 is 11.8 Å². The number of nitrogens with two attached hydrogens (primary N) is 1. The van der Waals surface area contributed by atoms with Crippen LogP contribution in [0, 0.1) is 6.92 Å². The van der Waals surface area contributed by atoms with Crippen molar-refractivity contribution in [2.45, 2.75) is 36.6 Å². The maximum Gasteiger partial charge on any atom is 0.216 e. The molecule has 0 aliphatic heterocycles. The zero-order valence-electron chi connectivity index (χ0n) is 9.71. The van der Waals surface area contributed by atoms with Gasteiger partial charge in [0.05, 0.1) is 0 Å². The fraction of sp³-hybridized carbons (Fsp3) is 0.400. The van der Waals surface area contributed by atoms with E-state index in [0.717, 1.165) is 17.8 Å². The number of hydrogen-bond donors (Lipinski definition) is 2. The van der Waals surface area contributed by atoms with Gasteiger partial charge in [0.1, 0.15) is 5.82 Å². The van der Waals surface area contributed by atoms with Gasteiger partial charge in [0.2, 0.25) is 5.16 Å². The lowest BCUT2D eigenvalue weighted by molar-refractivity contribution is 0.727. The van der Waals surface area contributed by atoms with Gasteiger partial charge in [0.15, 0.2) is 5.16 Å². The van der Waals surface area contributed by atoms with E-state index < -0.39 is 0 Å². The molecule has 2 heterocycles. The third-order valence-electron chi connectivity index (χ3n) is 2.00. The van der Waals surface area contributed by atoms with Gasteiger partial charge in [-0.2, -0.15) is 0 Å². The molecule has 0 aliphatic rings. The Hall–Kier alpha value is -1.47. The average Bonchev–Trinajstić information content (AvgIpc) is 2.66. The predicted molar refractivity (Wildman–Crippen MR) is 64.6 cm³/mol. The lowest BCUT2D eigenvalue weighted by Crippen LogP contribution is -2.17. The zero-order valence-corrected chi connectivity index (χ0v) is 10.5. The molecule has 1 atom stereocenters. The van der Waals surface area contributed by atoms with Crippen molar-refractivity contribution < 1.29 is 0 Å². The van der Waals surface area contributed by atoms with Crippen LogP contribution in [0.4, 0.5) is 0 Å². The molecule has 2 rings (SSSR count). The monoisotopic (exact) mass is 250 g/mol. The summed E-state index contributed by atoms with van der Waals surface area (Å²) in [5, 5.41) is 8.04. The third-order valence-corrected chi connectivity index (χ3v) is 2.76. The first-order chi connectivity index (χ1) is 8.13. The predicted octanol–water partition coefficient (Wildman–Crippen LogP) is 0.944. The van der Waals surface area contributed by atoms with E-state index in [-0.39, 0.29) is 6.04 Å². The molecule has 1 unspecified atom stereocenters. The van der Waals surface area contributed by atoms with Crippen LogP contribution in [0.3, 0.4) is 0 Å². The Balaban J connectivity index is 2.03. The molecule has 0 spiro atoms. The Morgan fingerprint density at radius 3 is 2.59 bits per heavy atom. The Morgan fingerprint density at radius 1 is 1.35 bits per heavy atom. The summed E-state index contributed by atoms with van der Waals surface area (Å²) in [6.45, 7) is 3.81. The number of aromatic nitrogens is 5. The van der Waals surface area contributed by atoms with Gasteiger partial charge in [0.25, 0.3) is 0 Å². The van der Waals surface area contributed by atoms with Crippen molar-refractivity contribution in [1.29, 1.82) is 0 Å². The van der Waals surface area contributed by atoms with Crippen molar-refractivity contribution in [2.75, 3.05) is 0 Å². The molecule has 90 valence electrons. The fourth-order valence-corrected chi connectivity index (χ4v) is 1.97. The summed E-state index contributed by atoms with van der Waals surface area (Å²) in [6.07, 6.45) is 4.36. The van der Waals surface area contributed by atoms with Gasteiger partial charge in [-0.15, -0.1) is 5.10 Å². The minimum atomic E-state index is 0.118. The maximum absolute atomic E-state index is 5.70. The second-order valence-corrected chi connectivity index (χ2v) is 4.80. The number of rotatable bonds is 4. The summed E-state index contributed by atoms with van der Waals surface area (Å²) in [5.74, 6) is 0.779. The SMILES string of the molecule is Cc1nc(Sc2ncc(CC(C)N)cn2)n[nH]1. The van der Waals surface area contributed by atoms with Gasteiger partial charge in [0, 0.05) is 18.4 Å². The quantitative estimate of drug-likeness (QED) is 0.784. The Bertz CT molecular complexity index is 478. The molecule has 0 bridgehead atoms. The van der Waals surface area contributed by atoms with Gasteiger partial charge < -0.3 is 5.73 Å². The van der Waals surface area contributed by atoms with E-state index in [1.807, 2.05) is 13.8 Å². The summed E-state index contributed by atoms with van der Waals surface area (Å²) in [4.78, 5) is 12.7. The summed E-state index contributed by atoms with van der Waals surface area (Å²) in [5.41, 5.74) is 6.74. The van der Waals surface area contributed by atoms with Crippen molar-refractivity contribution in [1.82, 2.24) is 25.1 Å². The van der Waals surface area contributed by atoms with Crippen LogP contribution in [0.25, 0.3) is 0 Å². The van der Waals surface area contributed by atoms with Gasteiger partial charge in [-0.05, 0) is 37.6 Å². The fourth-order valence-electron chi connectivity index (χ4n) is 1.32. The maximum atomic E-state index is 5.70. The molecule has 0 saturated carbocycles. The lowest BCUT2D eigenvalue weighted by atomic mass is 10.1. The molecule has 2 aromatic rings. The minimum Gasteiger partial charge on any atom is -0.328 e. The first-order valence-electron chi connectivity index (χ1n) is 5.27. The van der Waals surface area contributed by atoms with Crippen LogP contribution in [0.2, 0.25) is 0 Å². The van der Waals surface area contributed by atoms with Crippen LogP contribution in [0.1, 0.15) is 18.3 Å². The number of aryl methyl sites for hydroxylation is 1. The summed E-state index contributed by atoms with van der Waals surface area (Å²) < 4.78 is 0. The second kappa shape index (κ2) is 5.24. The highest BCUT2D eigenvalue weighted by molar-refractivity contribution is 7.99. The van der Waals surface area contributed by atoms with Crippen LogP contribution in [-0.2, 0) is 6.42 Å². The zero-order chi connectivity index (χ0) is 12.3. The third kappa shape index (κ3) is 3.50. The first kappa shape index (κ1) is 12.0. The standard InChI is InChI=1S/C10H14N6S/c1-6(11)3-8-4-12-9(13-5-8)17-10-14-7(2)15-16-10/h4-6H,3,11H2,1-2H3,(H,14,15,16). The highest BCUT2D eigenvalue weighted by Crippen LogP contribution is 2.19. The lowest BCUT2D eigenvalue weighted by Gasteiger charge is -2.03. The number of H-pyrrole nitrogens is 1. The largest absolute Gasteiger partial charge is 0.328 e. The average molecular weight is 250 g/mol. The topological polar surface area (TPSA) is 93.4 Å². The van der Waals surface area contributed by atoms with Crippen LogP contribution < -0.4 is 5.73 Å². The molecule has 0 saturated heterocycles. The van der Waals surface area contributed by atoms with Crippen LogP contribution in [-0.4, -0.2) is 31.2 Å². The van der Waals surface area contributed by atoms with Crippen molar-refractivity contribution in [3.63, 3.8) is 0 Å². The smallest absolute Gasteiger partial charge is 0.216 e. The normalized spacial score (nSPS) is 12.6. The highest BCUT2D eigenvalue weighted by Gasteiger charge is 2.06. The highest BCUT2D eigenvalue weighted by atomic mass is 32.2. The van der Waals surface area contributed by atoms with Gasteiger partial charge in [-0.25, -0.2) is 15.0 Å². The molecule has 7 heteroatoms. The minimum absolute atomic E-state index is 0.118. The van der Waals surface area contributed by atoms with Gasteiger partial charge in [-0.1, -0.05) is 0 Å². The molecular formula is C10H14N6S. The number of nitrogens with one attached hydrogen (secondary N) is 1. The molecular weight excluding hydrogens is 236 g/mol. The molecule has 0 aromatic carbocycles. The Labute approximate surface area is 103 Å².